The Morgan fingerprint density at radius 3 is 2.63 bits per heavy atom. The summed E-state index contributed by atoms with van der Waals surface area (Å²) >= 11 is 5.96. The number of likely N-dealkylation sites (tertiary alicyclic amines) is 1. The second-order valence-electron chi connectivity index (χ2n) is 10.6. The number of aromatic nitrogens is 5. The molecule has 0 bridgehead atoms. The number of H-pyrrole nitrogens is 1. The molecule has 1 aliphatic heterocycles. The molecular weight excluding hydrogens is 552 g/mol. The van der Waals surface area contributed by atoms with Gasteiger partial charge < -0.3 is 10.4 Å². The molecule has 0 saturated carbocycles. The maximum absolute atomic E-state index is 16.2. The van der Waals surface area contributed by atoms with Crippen molar-refractivity contribution in [2.24, 2.45) is 5.41 Å². The number of nitrogens with zero attached hydrogens (tertiary/aromatic N) is 5. The first-order valence-electron chi connectivity index (χ1n) is 13.2. The molecule has 0 radical (unpaired) electrons. The normalized spacial score (nSPS) is 19.3. The van der Waals surface area contributed by atoms with Gasteiger partial charge in [0.15, 0.2) is 17.5 Å². The molecule has 1 saturated heterocycles. The number of aliphatic carboxylic acids is 1. The van der Waals surface area contributed by atoms with Crippen LogP contribution < -0.4 is 5.32 Å². The zero-order chi connectivity index (χ0) is 29.3. The van der Waals surface area contributed by atoms with Crippen molar-refractivity contribution in [2.45, 2.75) is 52.6 Å². The van der Waals surface area contributed by atoms with E-state index in [0.29, 0.717) is 29.3 Å². The smallest absolute Gasteiger partial charge is 0.310 e. The predicted octanol–water partition coefficient (Wildman–Crippen LogP) is 5.85. The van der Waals surface area contributed by atoms with E-state index in [1.54, 1.807) is 31.2 Å². The molecule has 1 aromatic carbocycles. The molecule has 12 heteroatoms. The molecule has 0 amide bonds. The van der Waals surface area contributed by atoms with Gasteiger partial charge in [0.2, 0.25) is 0 Å². The van der Waals surface area contributed by atoms with E-state index in [-0.39, 0.29) is 54.0 Å². The van der Waals surface area contributed by atoms with Crippen LogP contribution in [0.2, 0.25) is 5.02 Å². The lowest BCUT2D eigenvalue weighted by Crippen LogP contribution is -2.50. The highest BCUT2D eigenvalue weighted by Gasteiger charge is 2.45. The Balaban J connectivity index is 1.49. The predicted molar refractivity (Wildman–Crippen MR) is 151 cm³/mol. The lowest BCUT2D eigenvalue weighted by atomic mass is 9.72. The highest BCUT2D eigenvalue weighted by molar-refractivity contribution is 6.30. The minimum atomic E-state index is -1.29. The average molecular weight is 582 g/mol. The van der Waals surface area contributed by atoms with E-state index in [0.717, 1.165) is 5.69 Å². The van der Waals surface area contributed by atoms with Crippen molar-refractivity contribution in [1.82, 2.24) is 30.0 Å². The summed E-state index contributed by atoms with van der Waals surface area (Å²) in [6, 6.07) is 8.03. The molecule has 3 N–H and O–H groups in total. The number of anilines is 2. The third kappa shape index (κ3) is 5.77. The number of rotatable bonds is 8. The third-order valence-electron chi connectivity index (χ3n) is 7.74. The van der Waals surface area contributed by atoms with Gasteiger partial charge in [-0.05, 0) is 52.3 Å². The van der Waals surface area contributed by atoms with Gasteiger partial charge in [0.05, 0.1) is 21.7 Å². The summed E-state index contributed by atoms with van der Waals surface area (Å²) in [4.78, 5) is 27.9. The highest BCUT2D eigenvalue weighted by Crippen LogP contribution is 2.41. The monoisotopic (exact) mass is 581 g/mol. The molecule has 0 aliphatic carbocycles. The van der Waals surface area contributed by atoms with Crippen molar-refractivity contribution >= 4 is 29.2 Å². The van der Waals surface area contributed by atoms with Gasteiger partial charge in [0.25, 0.3) is 0 Å². The van der Waals surface area contributed by atoms with Gasteiger partial charge >= 0.3 is 5.97 Å². The number of pyridine rings is 1. The van der Waals surface area contributed by atoms with Gasteiger partial charge in [0.1, 0.15) is 11.6 Å². The van der Waals surface area contributed by atoms with Crippen molar-refractivity contribution in [3.8, 4) is 11.4 Å². The molecule has 0 spiro atoms. The summed E-state index contributed by atoms with van der Waals surface area (Å²) in [6.07, 6.45) is 3.33. The van der Waals surface area contributed by atoms with Crippen molar-refractivity contribution in [1.29, 1.82) is 0 Å². The summed E-state index contributed by atoms with van der Waals surface area (Å²) < 4.78 is 30.8. The Labute approximate surface area is 241 Å². The van der Waals surface area contributed by atoms with Gasteiger partial charge in [0, 0.05) is 54.3 Å². The molecule has 4 aromatic rings. The molecule has 3 aromatic heterocycles. The number of aromatic amines is 1. The van der Waals surface area contributed by atoms with Crippen LogP contribution in [0.1, 0.15) is 42.3 Å². The number of aryl methyl sites for hydroxylation is 1. The fraction of sp³-hybridized carbons (Fsp3) is 0.345. The third-order valence-corrected chi connectivity index (χ3v) is 8.04. The lowest BCUT2D eigenvalue weighted by molar-refractivity contribution is -0.153. The first-order chi connectivity index (χ1) is 19.6. The summed E-state index contributed by atoms with van der Waals surface area (Å²) in [6.45, 7) is 6.11. The fourth-order valence-corrected chi connectivity index (χ4v) is 5.68. The molecule has 1 fully saturated rings. The van der Waals surface area contributed by atoms with E-state index >= 15 is 4.39 Å². The Bertz CT molecular complexity index is 1580. The van der Waals surface area contributed by atoms with E-state index in [9.17, 15) is 14.3 Å². The average Bonchev–Trinajstić information content (AvgIpc) is 3.36. The maximum atomic E-state index is 16.2. The number of nitrogens with one attached hydrogen (secondary N) is 2. The first-order valence-corrected chi connectivity index (χ1v) is 13.6. The SMILES string of the molecule is Cc1cc(Nc2nc(C[C@@]3(C(=O)O)CCN(Cc4cccc(Cl)c4F)[C@H](C)C3)c(F)c(-c3ncccn3)c2C)n[nH]1. The van der Waals surface area contributed by atoms with Crippen LogP contribution in [0.4, 0.5) is 20.4 Å². The first kappa shape index (κ1) is 28.6. The zero-order valence-corrected chi connectivity index (χ0v) is 23.6. The second kappa shape index (κ2) is 11.5. The van der Waals surface area contributed by atoms with Crippen LogP contribution in [-0.4, -0.2) is 53.7 Å². The van der Waals surface area contributed by atoms with Crippen LogP contribution in [0.25, 0.3) is 11.4 Å². The molecule has 2 atom stereocenters. The standard InChI is InChI=1S/C29H30ClF2N7O2/c1-16-12-22(38-37-16)36-26-18(3)23(27-33-9-5-10-34-27)25(32)21(35-26)14-29(28(40)41)8-11-39(17(2)13-29)15-19-6-4-7-20(30)24(19)31/h4-7,9-10,12,17H,8,11,13-15H2,1-3H3,(H,40,41)(H2,35,36,37,38)/t17-,29-/m1/s1. The van der Waals surface area contributed by atoms with Crippen LogP contribution in [0.5, 0.6) is 0 Å². The lowest BCUT2D eigenvalue weighted by Gasteiger charge is -2.43. The molecule has 5 rings (SSSR count). The molecule has 0 unspecified atom stereocenters. The van der Waals surface area contributed by atoms with Gasteiger partial charge in [-0.2, -0.15) is 5.10 Å². The number of halogens is 3. The molecule has 9 nitrogen and oxygen atoms in total. The topological polar surface area (TPSA) is 120 Å². The van der Waals surface area contributed by atoms with Crippen LogP contribution in [0.3, 0.4) is 0 Å². The van der Waals surface area contributed by atoms with E-state index < -0.39 is 23.0 Å². The number of hydrogen-bond donors (Lipinski definition) is 3. The van der Waals surface area contributed by atoms with Gasteiger partial charge in [-0.15, -0.1) is 0 Å². The van der Waals surface area contributed by atoms with Gasteiger partial charge in [-0.25, -0.2) is 23.7 Å². The van der Waals surface area contributed by atoms with Crippen molar-refractivity contribution in [3.63, 3.8) is 0 Å². The molecular formula is C29H30ClF2N7O2. The minimum absolute atomic E-state index is 0.00301. The Hall–Kier alpha value is -3.96. The molecule has 214 valence electrons. The number of carbonyl (C=O) groups is 1. The number of piperidine rings is 1. The van der Waals surface area contributed by atoms with Crippen LogP contribution in [-0.2, 0) is 17.8 Å². The van der Waals surface area contributed by atoms with Gasteiger partial charge in [-0.3, -0.25) is 14.8 Å². The molecule has 4 heterocycles. The summed E-state index contributed by atoms with van der Waals surface area (Å²) in [5.41, 5.74) is 0.581. The quantitative estimate of drug-likeness (QED) is 0.237. The minimum Gasteiger partial charge on any atom is -0.481 e. The van der Waals surface area contributed by atoms with Crippen LogP contribution in [0.15, 0.2) is 42.7 Å². The summed E-state index contributed by atoms with van der Waals surface area (Å²) in [5, 5.41) is 20.7. The number of carboxylic acids is 1. The van der Waals surface area contributed by atoms with Crippen molar-refractivity contribution in [2.75, 3.05) is 11.9 Å². The zero-order valence-electron chi connectivity index (χ0n) is 22.9. The maximum Gasteiger partial charge on any atom is 0.310 e. The van der Waals surface area contributed by atoms with Gasteiger partial charge in [-0.1, -0.05) is 23.7 Å². The van der Waals surface area contributed by atoms with E-state index in [1.165, 1.54) is 18.5 Å². The van der Waals surface area contributed by atoms with E-state index in [1.807, 2.05) is 18.7 Å². The summed E-state index contributed by atoms with van der Waals surface area (Å²) in [7, 11) is 0. The summed E-state index contributed by atoms with van der Waals surface area (Å²) in [5.74, 6) is -1.19. The second-order valence-corrected chi connectivity index (χ2v) is 11.0. The van der Waals surface area contributed by atoms with E-state index in [2.05, 4.69) is 30.5 Å². The number of hydrogen-bond acceptors (Lipinski definition) is 7. The van der Waals surface area contributed by atoms with Crippen molar-refractivity contribution < 1.29 is 18.7 Å². The number of benzene rings is 1. The molecule has 1 aliphatic rings. The highest BCUT2D eigenvalue weighted by atomic mass is 35.5. The Morgan fingerprint density at radius 2 is 1.98 bits per heavy atom. The van der Waals surface area contributed by atoms with E-state index in [4.69, 9.17) is 11.6 Å². The van der Waals surface area contributed by atoms with Crippen molar-refractivity contribution in [3.05, 3.63) is 81.9 Å². The Morgan fingerprint density at radius 1 is 1.22 bits per heavy atom. The fourth-order valence-electron chi connectivity index (χ4n) is 5.48. The largest absolute Gasteiger partial charge is 0.481 e. The number of carboxylic acid groups (broad SMARTS) is 1. The molecule has 41 heavy (non-hydrogen) atoms. The Kier molecular flexibility index (Phi) is 8.01. The van der Waals surface area contributed by atoms with Crippen LogP contribution >= 0.6 is 11.6 Å². The van der Waals surface area contributed by atoms with Crippen LogP contribution in [0, 0.1) is 30.9 Å².